The average Bonchev–Trinajstić information content (AvgIpc) is 2.05. The van der Waals surface area contributed by atoms with Crippen molar-refractivity contribution in [2.75, 3.05) is 6.54 Å². The van der Waals surface area contributed by atoms with Crippen LogP contribution in [0.1, 0.15) is 5.56 Å². The Morgan fingerprint density at radius 3 is 2.58 bits per heavy atom. The molecule has 0 saturated heterocycles. The van der Waals surface area contributed by atoms with Crippen molar-refractivity contribution in [1.82, 2.24) is 5.32 Å². The van der Waals surface area contributed by atoms with E-state index in [0.717, 1.165) is 6.42 Å². The van der Waals surface area contributed by atoms with Gasteiger partial charge in [0.2, 0.25) is 5.91 Å². The fraction of sp³-hybridized carbons (Fsp3) is 0.200. The third-order valence-electron chi connectivity index (χ3n) is 1.56. The SMILES string of the molecule is [CH]C(=O)NCCc1ccccc1. The summed E-state index contributed by atoms with van der Waals surface area (Å²) in [5.41, 5.74) is 1.20. The van der Waals surface area contributed by atoms with E-state index in [1.54, 1.807) is 0 Å². The summed E-state index contributed by atoms with van der Waals surface area (Å²) in [7, 11) is 0. The van der Waals surface area contributed by atoms with Crippen LogP contribution in [0.2, 0.25) is 0 Å². The number of nitrogens with one attached hydrogen (secondary N) is 1. The lowest BCUT2D eigenvalue weighted by Gasteiger charge is -2.00. The zero-order valence-corrected chi connectivity index (χ0v) is 6.79. The summed E-state index contributed by atoms with van der Waals surface area (Å²) in [5.74, 6) is -0.467. The number of amides is 1. The first-order valence-corrected chi connectivity index (χ1v) is 3.86. The van der Waals surface area contributed by atoms with E-state index in [-0.39, 0.29) is 0 Å². The van der Waals surface area contributed by atoms with Crippen molar-refractivity contribution >= 4 is 5.91 Å². The van der Waals surface area contributed by atoms with E-state index in [4.69, 9.17) is 6.92 Å². The van der Waals surface area contributed by atoms with Crippen molar-refractivity contribution in [3.8, 4) is 0 Å². The molecule has 0 aliphatic rings. The lowest BCUT2D eigenvalue weighted by molar-refractivity contribution is -0.116. The van der Waals surface area contributed by atoms with Crippen molar-refractivity contribution < 1.29 is 4.79 Å². The molecule has 62 valence electrons. The number of carbonyl (C=O) groups is 1. The second kappa shape index (κ2) is 4.54. The Balaban J connectivity index is 2.29. The van der Waals surface area contributed by atoms with Crippen LogP contribution in [0.4, 0.5) is 0 Å². The highest BCUT2D eigenvalue weighted by molar-refractivity contribution is 5.79. The minimum atomic E-state index is -0.467. The molecule has 0 bridgehead atoms. The Hall–Kier alpha value is -1.31. The van der Waals surface area contributed by atoms with Crippen molar-refractivity contribution in [3.63, 3.8) is 0 Å². The predicted octanol–water partition coefficient (Wildman–Crippen LogP) is 1.06. The number of rotatable bonds is 3. The Morgan fingerprint density at radius 1 is 1.33 bits per heavy atom. The first-order chi connectivity index (χ1) is 5.79. The molecule has 2 radical (unpaired) electrons. The van der Waals surface area contributed by atoms with Gasteiger partial charge in [0.05, 0.1) is 6.92 Å². The third-order valence-corrected chi connectivity index (χ3v) is 1.56. The number of benzene rings is 1. The minimum absolute atomic E-state index is 0.467. The minimum Gasteiger partial charge on any atom is -0.355 e. The highest BCUT2D eigenvalue weighted by Gasteiger charge is 1.92. The summed E-state index contributed by atoms with van der Waals surface area (Å²) in [5, 5.41) is 2.53. The average molecular weight is 161 g/mol. The normalized spacial score (nSPS) is 9.42. The van der Waals surface area contributed by atoms with Crippen molar-refractivity contribution in [2.45, 2.75) is 6.42 Å². The largest absolute Gasteiger partial charge is 0.355 e. The molecule has 2 nitrogen and oxygen atoms in total. The van der Waals surface area contributed by atoms with Crippen LogP contribution in [0.25, 0.3) is 0 Å². The third kappa shape index (κ3) is 3.19. The quantitative estimate of drug-likeness (QED) is 0.705. The van der Waals surface area contributed by atoms with Crippen molar-refractivity contribution in [2.24, 2.45) is 0 Å². The Bertz CT molecular complexity index is 243. The highest BCUT2D eigenvalue weighted by atomic mass is 16.1. The van der Waals surface area contributed by atoms with Gasteiger partial charge in [-0.1, -0.05) is 30.3 Å². The molecular formula is C10H11NO. The molecule has 1 aromatic carbocycles. The van der Waals surface area contributed by atoms with E-state index in [1.165, 1.54) is 5.56 Å². The van der Waals surface area contributed by atoms with E-state index >= 15 is 0 Å². The van der Waals surface area contributed by atoms with Gasteiger partial charge in [-0.2, -0.15) is 0 Å². The van der Waals surface area contributed by atoms with Gasteiger partial charge in [0.1, 0.15) is 0 Å². The Kier molecular flexibility index (Phi) is 3.33. The summed E-state index contributed by atoms with van der Waals surface area (Å²) in [6, 6.07) is 9.94. The van der Waals surface area contributed by atoms with Crippen LogP contribution in [-0.2, 0) is 11.2 Å². The lowest BCUT2D eigenvalue weighted by Crippen LogP contribution is -2.22. The van der Waals surface area contributed by atoms with E-state index in [0.29, 0.717) is 6.54 Å². The molecule has 0 fully saturated rings. The monoisotopic (exact) mass is 161 g/mol. The Labute approximate surface area is 72.6 Å². The van der Waals surface area contributed by atoms with Crippen LogP contribution >= 0.6 is 0 Å². The van der Waals surface area contributed by atoms with Gasteiger partial charge in [0, 0.05) is 6.54 Å². The molecule has 0 aliphatic heterocycles. The van der Waals surface area contributed by atoms with Gasteiger partial charge in [-0.3, -0.25) is 4.79 Å². The second-order valence-corrected chi connectivity index (χ2v) is 2.53. The van der Waals surface area contributed by atoms with Gasteiger partial charge in [-0.25, -0.2) is 0 Å². The van der Waals surface area contributed by atoms with Gasteiger partial charge in [-0.05, 0) is 12.0 Å². The molecule has 0 saturated carbocycles. The summed E-state index contributed by atoms with van der Waals surface area (Å²) in [4.78, 5) is 10.3. The molecule has 0 spiro atoms. The van der Waals surface area contributed by atoms with Crippen LogP contribution < -0.4 is 5.32 Å². The molecule has 1 rings (SSSR count). The number of hydrogen-bond acceptors (Lipinski definition) is 1. The van der Waals surface area contributed by atoms with Crippen LogP contribution in [0.15, 0.2) is 30.3 Å². The van der Waals surface area contributed by atoms with E-state index in [1.807, 2.05) is 30.3 Å². The topological polar surface area (TPSA) is 29.1 Å². The maximum atomic E-state index is 10.3. The molecular weight excluding hydrogens is 150 g/mol. The molecule has 2 heteroatoms. The lowest BCUT2D eigenvalue weighted by atomic mass is 10.1. The van der Waals surface area contributed by atoms with Crippen molar-refractivity contribution in [3.05, 3.63) is 42.8 Å². The first-order valence-electron chi connectivity index (χ1n) is 3.86. The van der Waals surface area contributed by atoms with Gasteiger partial charge in [0.25, 0.3) is 0 Å². The number of carbonyl (C=O) groups excluding carboxylic acids is 1. The fourth-order valence-electron chi connectivity index (χ4n) is 0.975. The smallest absolute Gasteiger partial charge is 0.224 e. The molecule has 1 aromatic rings. The molecule has 1 amide bonds. The van der Waals surface area contributed by atoms with Crippen molar-refractivity contribution in [1.29, 1.82) is 0 Å². The molecule has 12 heavy (non-hydrogen) atoms. The van der Waals surface area contributed by atoms with Gasteiger partial charge >= 0.3 is 0 Å². The number of hydrogen-bond donors (Lipinski definition) is 1. The molecule has 0 heterocycles. The van der Waals surface area contributed by atoms with Crippen LogP contribution in [0, 0.1) is 6.92 Å². The summed E-state index contributed by atoms with van der Waals surface area (Å²) < 4.78 is 0. The van der Waals surface area contributed by atoms with Gasteiger partial charge in [-0.15, -0.1) is 0 Å². The van der Waals surface area contributed by atoms with Gasteiger partial charge in [0.15, 0.2) is 0 Å². The molecule has 0 aromatic heterocycles. The molecule has 1 N–H and O–H groups in total. The zero-order valence-electron chi connectivity index (χ0n) is 6.79. The molecule has 0 aliphatic carbocycles. The highest BCUT2D eigenvalue weighted by Crippen LogP contribution is 1.97. The first kappa shape index (κ1) is 8.78. The van der Waals surface area contributed by atoms with Crippen LogP contribution in [-0.4, -0.2) is 12.5 Å². The Morgan fingerprint density at radius 2 is 2.00 bits per heavy atom. The zero-order chi connectivity index (χ0) is 8.81. The van der Waals surface area contributed by atoms with Crippen LogP contribution in [0.5, 0.6) is 0 Å². The summed E-state index contributed by atoms with van der Waals surface area (Å²) in [6.07, 6.45) is 0.823. The second-order valence-electron chi connectivity index (χ2n) is 2.53. The predicted molar refractivity (Wildman–Crippen MR) is 47.5 cm³/mol. The van der Waals surface area contributed by atoms with E-state index in [2.05, 4.69) is 5.32 Å². The van der Waals surface area contributed by atoms with E-state index in [9.17, 15) is 4.79 Å². The standard InChI is InChI=1S/C10H11NO/c1-9(12)11-8-7-10-5-3-2-4-6-10/h1-6H,7-8H2,(H,11,12). The summed E-state index contributed by atoms with van der Waals surface area (Å²) in [6.45, 7) is 5.50. The van der Waals surface area contributed by atoms with Gasteiger partial charge < -0.3 is 5.32 Å². The maximum absolute atomic E-state index is 10.3. The molecule has 0 unspecified atom stereocenters. The maximum Gasteiger partial charge on any atom is 0.224 e. The molecule has 0 atom stereocenters. The van der Waals surface area contributed by atoms with E-state index < -0.39 is 5.91 Å². The summed E-state index contributed by atoms with van der Waals surface area (Å²) >= 11 is 0. The fourth-order valence-corrected chi connectivity index (χ4v) is 0.975. The van der Waals surface area contributed by atoms with Crippen LogP contribution in [0.3, 0.4) is 0 Å².